The molecule has 1 aliphatic rings. The van der Waals surface area contributed by atoms with Crippen LogP contribution in [0, 0.1) is 0 Å². The van der Waals surface area contributed by atoms with Crippen LogP contribution in [-0.4, -0.2) is 19.9 Å². The van der Waals surface area contributed by atoms with Crippen molar-refractivity contribution in [3.8, 4) is 67.8 Å². The Morgan fingerprint density at radius 3 is 1.53 bits per heavy atom. The zero-order valence-electron chi connectivity index (χ0n) is 32.1. The van der Waals surface area contributed by atoms with Gasteiger partial charge in [0.25, 0.3) is 0 Å². The molecule has 10 aromatic rings. The highest BCUT2D eigenvalue weighted by Gasteiger charge is 2.46. The average molecular weight is 753 g/mol. The molecule has 0 spiro atoms. The number of aromatic nitrogens is 4. The minimum atomic E-state index is -0.553. The summed E-state index contributed by atoms with van der Waals surface area (Å²) < 4.78 is 0. The summed E-state index contributed by atoms with van der Waals surface area (Å²) in [5, 5.41) is 2.32. The zero-order valence-corrected chi connectivity index (χ0v) is 32.1. The highest BCUT2D eigenvalue weighted by atomic mass is 15.0. The molecule has 59 heavy (non-hydrogen) atoms. The summed E-state index contributed by atoms with van der Waals surface area (Å²) in [5.74, 6) is 1.76. The molecule has 276 valence electrons. The lowest BCUT2D eigenvalue weighted by Crippen LogP contribution is -2.28. The molecular formula is C55H36N4. The normalized spacial score (nSPS) is 12.5. The van der Waals surface area contributed by atoms with E-state index in [0.717, 1.165) is 44.6 Å². The minimum absolute atomic E-state index is 0.553. The summed E-state index contributed by atoms with van der Waals surface area (Å²) in [4.78, 5) is 21.2. The molecular weight excluding hydrogens is 717 g/mol. The Labute approximate surface area is 343 Å². The first-order valence-corrected chi connectivity index (χ1v) is 20.0. The molecule has 0 fully saturated rings. The molecule has 0 radical (unpaired) electrons. The third-order valence-electron chi connectivity index (χ3n) is 11.6. The number of hydrogen-bond donors (Lipinski definition) is 0. The van der Waals surface area contributed by atoms with Crippen molar-refractivity contribution in [2.75, 3.05) is 0 Å². The SMILES string of the molecule is c1ccc(-c2ccc(-c3nc(-c4ccccc4)nc(-c4ccc5c(c4)C(c4ccccc4)(c4ccccc4)c4ccccc4-5)n3)c(-c3ccc4ccccc4c3)n2)cc1. The maximum Gasteiger partial charge on any atom is 0.166 e. The number of pyridine rings is 1. The van der Waals surface area contributed by atoms with E-state index in [0.29, 0.717) is 17.5 Å². The van der Waals surface area contributed by atoms with E-state index in [4.69, 9.17) is 19.9 Å². The van der Waals surface area contributed by atoms with Gasteiger partial charge < -0.3 is 0 Å². The van der Waals surface area contributed by atoms with Crippen LogP contribution in [0.25, 0.3) is 78.6 Å². The summed E-state index contributed by atoms with van der Waals surface area (Å²) in [6, 6.07) is 76.9. The van der Waals surface area contributed by atoms with E-state index in [1.165, 1.54) is 38.8 Å². The summed E-state index contributed by atoms with van der Waals surface area (Å²) in [6.07, 6.45) is 0. The second-order valence-electron chi connectivity index (χ2n) is 15.0. The molecule has 2 heterocycles. The Hall–Kier alpha value is -7.82. The highest BCUT2D eigenvalue weighted by Crippen LogP contribution is 2.56. The highest BCUT2D eigenvalue weighted by molar-refractivity contribution is 5.91. The van der Waals surface area contributed by atoms with Crippen molar-refractivity contribution in [2.24, 2.45) is 0 Å². The Bertz CT molecular complexity index is 3110. The number of benzene rings is 8. The Balaban J connectivity index is 1.15. The number of hydrogen-bond acceptors (Lipinski definition) is 4. The number of fused-ring (bicyclic) bond motifs is 4. The fourth-order valence-corrected chi connectivity index (χ4v) is 8.89. The monoisotopic (exact) mass is 752 g/mol. The van der Waals surface area contributed by atoms with E-state index < -0.39 is 5.41 Å². The lowest BCUT2D eigenvalue weighted by Gasteiger charge is -2.34. The van der Waals surface area contributed by atoms with Crippen molar-refractivity contribution in [3.63, 3.8) is 0 Å². The van der Waals surface area contributed by atoms with Crippen molar-refractivity contribution in [3.05, 3.63) is 241 Å². The van der Waals surface area contributed by atoms with Crippen molar-refractivity contribution in [1.29, 1.82) is 0 Å². The molecule has 11 rings (SSSR count). The van der Waals surface area contributed by atoms with Crippen LogP contribution in [0.1, 0.15) is 22.3 Å². The van der Waals surface area contributed by atoms with Crippen molar-refractivity contribution in [2.45, 2.75) is 5.41 Å². The molecule has 0 amide bonds. The smallest absolute Gasteiger partial charge is 0.166 e. The van der Waals surface area contributed by atoms with Crippen LogP contribution in [0.3, 0.4) is 0 Å². The van der Waals surface area contributed by atoms with Crippen molar-refractivity contribution in [1.82, 2.24) is 19.9 Å². The van der Waals surface area contributed by atoms with E-state index in [2.05, 4.69) is 182 Å². The Morgan fingerprint density at radius 2 is 0.814 bits per heavy atom. The molecule has 0 aliphatic heterocycles. The van der Waals surface area contributed by atoms with E-state index in [1.807, 2.05) is 36.4 Å². The summed E-state index contributed by atoms with van der Waals surface area (Å²) in [6.45, 7) is 0. The Kier molecular flexibility index (Phi) is 8.34. The average Bonchev–Trinajstić information content (AvgIpc) is 3.62. The maximum atomic E-state index is 5.36. The quantitative estimate of drug-likeness (QED) is 0.163. The van der Waals surface area contributed by atoms with Gasteiger partial charge in [-0.25, -0.2) is 19.9 Å². The van der Waals surface area contributed by atoms with Crippen LogP contribution < -0.4 is 0 Å². The predicted molar refractivity (Wildman–Crippen MR) is 240 cm³/mol. The molecule has 4 heteroatoms. The molecule has 0 saturated carbocycles. The van der Waals surface area contributed by atoms with Crippen molar-refractivity contribution < 1.29 is 0 Å². The summed E-state index contributed by atoms with van der Waals surface area (Å²) in [5.41, 5.74) is 13.1. The van der Waals surface area contributed by atoms with Gasteiger partial charge in [-0.2, -0.15) is 0 Å². The fraction of sp³-hybridized carbons (Fsp3) is 0.0182. The largest absolute Gasteiger partial charge is 0.247 e. The predicted octanol–water partition coefficient (Wildman–Crippen LogP) is 13.1. The second-order valence-corrected chi connectivity index (χ2v) is 15.0. The van der Waals surface area contributed by atoms with E-state index in [1.54, 1.807) is 0 Å². The van der Waals surface area contributed by atoms with Gasteiger partial charge in [0.1, 0.15) is 0 Å². The molecule has 2 aromatic heterocycles. The first kappa shape index (κ1) is 34.4. The van der Waals surface area contributed by atoms with Crippen LogP contribution in [0.2, 0.25) is 0 Å². The van der Waals surface area contributed by atoms with Crippen molar-refractivity contribution >= 4 is 10.8 Å². The van der Waals surface area contributed by atoms with Gasteiger partial charge in [-0.1, -0.05) is 194 Å². The molecule has 0 saturated heterocycles. The van der Waals surface area contributed by atoms with Gasteiger partial charge in [0.2, 0.25) is 0 Å². The summed E-state index contributed by atoms with van der Waals surface area (Å²) in [7, 11) is 0. The van der Waals surface area contributed by atoms with Crippen LogP contribution >= 0.6 is 0 Å². The minimum Gasteiger partial charge on any atom is -0.247 e. The van der Waals surface area contributed by atoms with Gasteiger partial charge in [-0.05, 0) is 68.4 Å². The molecule has 0 unspecified atom stereocenters. The molecule has 0 N–H and O–H groups in total. The number of nitrogens with zero attached hydrogens (tertiary/aromatic N) is 4. The van der Waals surface area contributed by atoms with E-state index >= 15 is 0 Å². The topological polar surface area (TPSA) is 51.6 Å². The van der Waals surface area contributed by atoms with Gasteiger partial charge >= 0.3 is 0 Å². The number of rotatable bonds is 7. The van der Waals surface area contributed by atoms with E-state index in [9.17, 15) is 0 Å². The standard InChI is InChI=1S/C55H36N4/c1-5-18-38(19-6-1)50-34-33-47(51(56-50)41-30-29-37-17-13-14-22-40(37)35-41)54-58-52(39-20-7-2-8-21-39)57-53(59-54)42-31-32-46-45-27-15-16-28-48(45)55(49(46)36-42,43-23-9-3-10-24-43)44-25-11-4-12-26-44/h1-36H. The zero-order chi connectivity index (χ0) is 39.2. The third kappa shape index (κ3) is 5.84. The van der Waals surface area contributed by atoms with Gasteiger partial charge in [-0.15, -0.1) is 0 Å². The molecule has 4 nitrogen and oxygen atoms in total. The van der Waals surface area contributed by atoms with Crippen LogP contribution in [0.15, 0.2) is 218 Å². The van der Waals surface area contributed by atoms with Crippen LogP contribution in [-0.2, 0) is 5.41 Å². The van der Waals surface area contributed by atoms with Gasteiger partial charge in [0.15, 0.2) is 17.5 Å². The first-order chi connectivity index (χ1) is 29.2. The first-order valence-electron chi connectivity index (χ1n) is 20.0. The fourth-order valence-electron chi connectivity index (χ4n) is 8.89. The lowest BCUT2D eigenvalue weighted by molar-refractivity contribution is 0.768. The van der Waals surface area contributed by atoms with E-state index in [-0.39, 0.29) is 0 Å². The summed E-state index contributed by atoms with van der Waals surface area (Å²) >= 11 is 0. The van der Waals surface area contributed by atoms with Gasteiger partial charge in [0.05, 0.1) is 16.8 Å². The maximum absolute atomic E-state index is 5.36. The lowest BCUT2D eigenvalue weighted by atomic mass is 9.67. The third-order valence-corrected chi connectivity index (χ3v) is 11.6. The van der Waals surface area contributed by atoms with Gasteiger partial charge in [0, 0.05) is 27.8 Å². The van der Waals surface area contributed by atoms with Crippen LogP contribution in [0.4, 0.5) is 0 Å². The molecule has 8 aromatic carbocycles. The molecule has 0 bridgehead atoms. The Morgan fingerprint density at radius 1 is 0.288 bits per heavy atom. The van der Waals surface area contributed by atoms with Gasteiger partial charge in [-0.3, -0.25) is 0 Å². The molecule has 1 aliphatic carbocycles. The molecule has 0 atom stereocenters. The van der Waals surface area contributed by atoms with Crippen LogP contribution in [0.5, 0.6) is 0 Å². The second kappa shape index (κ2) is 14.3.